The molecule has 0 spiro atoms. The van der Waals surface area contributed by atoms with Crippen LogP contribution in [0.1, 0.15) is 51.4 Å². The summed E-state index contributed by atoms with van der Waals surface area (Å²) < 4.78 is 27.4. The van der Waals surface area contributed by atoms with E-state index in [4.69, 9.17) is 11.6 Å². The highest BCUT2D eigenvalue weighted by Crippen LogP contribution is 2.60. The first-order valence-corrected chi connectivity index (χ1v) is 13.2. The van der Waals surface area contributed by atoms with Crippen LogP contribution in [0.25, 0.3) is 0 Å². The van der Waals surface area contributed by atoms with Crippen molar-refractivity contribution in [3.05, 3.63) is 29.3 Å². The smallest absolute Gasteiger partial charge is 0.244 e. The first-order valence-electron chi connectivity index (χ1n) is 11.4. The molecule has 1 amide bonds. The van der Waals surface area contributed by atoms with Gasteiger partial charge in [0.05, 0.1) is 5.02 Å². The molecule has 1 unspecified atom stereocenters. The molecule has 1 aliphatic heterocycles. The fraction of sp³-hybridized carbons (Fsp3) is 0.696. The Morgan fingerprint density at radius 1 is 1.10 bits per heavy atom. The Morgan fingerprint density at radius 2 is 1.73 bits per heavy atom. The molecule has 6 rings (SSSR count). The Labute approximate surface area is 184 Å². The third-order valence-electron chi connectivity index (χ3n) is 8.06. The number of sulfonamides is 1. The minimum atomic E-state index is -3.56. The molecule has 5 nitrogen and oxygen atoms in total. The van der Waals surface area contributed by atoms with Crippen molar-refractivity contribution >= 4 is 27.5 Å². The van der Waals surface area contributed by atoms with Crippen LogP contribution in [0, 0.1) is 29.1 Å². The van der Waals surface area contributed by atoms with E-state index in [0.717, 1.165) is 49.9 Å². The number of hydrogen-bond donors (Lipinski definition) is 1. The maximum absolute atomic E-state index is 13.1. The summed E-state index contributed by atoms with van der Waals surface area (Å²) in [7, 11) is -3.56. The maximum atomic E-state index is 13.1. The molecule has 1 saturated heterocycles. The van der Waals surface area contributed by atoms with Gasteiger partial charge >= 0.3 is 0 Å². The minimum Gasteiger partial charge on any atom is -0.356 e. The van der Waals surface area contributed by atoms with E-state index in [1.54, 1.807) is 28.6 Å². The monoisotopic (exact) mass is 450 g/mol. The van der Waals surface area contributed by atoms with Gasteiger partial charge in [0.1, 0.15) is 4.90 Å². The molecule has 1 aromatic rings. The molecular weight excluding hydrogens is 420 g/mol. The summed E-state index contributed by atoms with van der Waals surface area (Å²) in [6.07, 6.45) is 8.91. The van der Waals surface area contributed by atoms with Crippen LogP contribution < -0.4 is 5.32 Å². The number of rotatable bonds is 6. The minimum absolute atomic E-state index is 0.107. The van der Waals surface area contributed by atoms with Crippen molar-refractivity contribution in [1.29, 1.82) is 0 Å². The molecule has 4 bridgehead atoms. The molecule has 4 saturated carbocycles. The third-order valence-corrected chi connectivity index (χ3v) is 10.4. The van der Waals surface area contributed by atoms with Gasteiger partial charge in [0.15, 0.2) is 0 Å². The predicted octanol–water partition coefficient (Wildman–Crippen LogP) is 4.07. The molecule has 0 radical (unpaired) electrons. The van der Waals surface area contributed by atoms with Gasteiger partial charge in [-0.15, -0.1) is 0 Å². The van der Waals surface area contributed by atoms with Gasteiger partial charge in [0.2, 0.25) is 15.9 Å². The molecule has 7 heteroatoms. The Balaban J connectivity index is 1.14. The van der Waals surface area contributed by atoms with Crippen molar-refractivity contribution in [1.82, 2.24) is 9.62 Å². The zero-order valence-corrected chi connectivity index (χ0v) is 18.9. The van der Waals surface area contributed by atoms with Crippen molar-refractivity contribution in [3.8, 4) is 0 Å². The van der Waals surface area contributed by atoms with Crippen LogP contribution in [0.3, 0.4) is 0 Å². The van der Waals surface area contributed by atoms with Gasteiger partial charge in [-0.2, -0.15) is 4.31 Å². The second kappa shape index (κ2) is 7.79. The lowest BCUT2D eigenvalue weighted by Crippen LogP contribution is -2.53. The van der Waals surface area contributed by atoms with E-state index in [1.807, 2.05) is 0 Å². The summed E-state index contributed by atoms with van der Waals surface area (Å²) in [5.41, 5.74) is -0.107. The lowest BCUT2D eigenvalue weighted by Gasteiger charge is -2.55. The number of halogens is 1. The van der Waals surface area contributed by atoms with Crippen molar-refractivity contribution in [2.75, 3.05) is 19.6 Å². The van der Waals surface area contributed by atoms with E-state index in [0.29, 0.717) is 19.6 Å². The molecule has 1 heterocycles. The third kappa shape index (κ3) is 3.69. The second-order valence-electron chi connectivity index (χ2n) is 10.2. The summed E-state index contributed by atoms with van der Waals surface area (Å²) in [5, 5.41) is 3.50. The van der Waals surface area contributed by atoms with Gasteiger partial charge < -0.3 is 5.32 Å². The van der Waals surface area contributed by atoms with E-state index in [9.17, 15) is 13.2 Å². The van der Waals surface area contributed by atoms with Gasteiger partial charge in [0.25, 0.3) is 0 Å². The van der Waals surface area contributed by atoms with Gasteiger partial charge in [-0.3, -0.25) is 4.79 Å². The van der Waals surface area contributed by atoms with E-state index in [-0.39, 0.29) is 27.2 Å². The summed E-state index contributed by atoms with van der Waals surface area (Å²) in [6.45, 7) is 1.66. The first-order chi connectivity index (χ1) is 14.4. The Bertz CT molecular complexity index is 897. The maximum Gasteiger partial charge on any atom is 0.244 e. The standard InChI is InChI=1S/C23H31ClN2O3S/c24-20-3-1-2-4-21(20)30(28,29)26-8-6-16(15-26)5-7-25-22(27)23-12-17-9-18(13-23)11-19(10-17)14-23/h1-4,16-19H,5-15H2,(H,25,27). The normalized spacial score (nSPS) is 35.6. The molecule has 1 atom stereocenters. The molecule has 5 fully saturated rings. The number of nitrogens with one attached hydrogen (secondary N) is 1. The number of carbonyl (C=O) groups is 1. The summed E-state index contributed by atoms with van der Waals surface area (Å²) >= 11 is 6.12. The summed E-state index contributed by atoms with van der Waals surface area (Å²) in [6, 6.07) is 6.62. The van der Waals surface area contributed by atoms with Crippen LogP contribution in [-0.4, -0.2) is 38.3 Å². The topological polar surface area (TPSA) is 66.5 Å². The average molecular weight is 451 g/mol. The lowest BCUT2D eigenvalue weighted by atomic mass is 9.49. The van der Waals surface area contributed by atoms with Crippen molar-refractivity contribution in [2.24, 2.45) is 29.1 Å². The van der Waals surface area contributed by atoms with E-state index in [2.05, 4.69) is 5.32 Å². The molecule has 1 N–H and O–H groups in total. The lowest BCUT2D eigenvalue weighted by molar-refractivity contribution is -0.146. The van der Waals surface area contributed by atoms with Crippen LogP contribution in [0.15, 0.2) is 29.2 Å². The quantitative estimate of drug-likeness (QED) is 0.710. The predicted molar refractivity (Wildman–Crippen MR) is 117 cm³/mol. The van der Waals surface area contributed by atoms with Crippen LogP contribution in [0.5, 0.6) is 0 Å². The van der Waals surface area contributed by atoms with E-state index < -0.39 is 10.0 Å². The van der Waals surface area contributed by atoms with Gasteiger partial charge in [-0.1, -0.05) is 23.7 Å². The van der Waals surface area contributed by atoms with Crippen LogP contribution in [0.2, 0.25) is 5.02 Å². The Kier molecular flexibility index (Phi) is 5.39. The molecular formula is C23H31ClN2O3S. The van der Waals surface area contributed by atoms with Crippen molar-refractivity contribution in [3.63, 3.8) is 0 Å². The number of nitrogens with zero attached hydrogens (tertiary/aromatic N) is 1. The van der Waals surface area contributed by atoms with Gasteiger partial charge in [-0.25, -0.2) is 8.42 Å². The number of hydrogen-bond acceptors (Lipinski definition) is 3. The van der Waals surface area contributed by atoms with Gasteiger partial charge in [-0.05, 0) is 87.2 Å². The molecule has 5 aliphatic rings. The van der Waals surface area contributed by atoms with Crippen LogP contribution in [0.4, 0.5) is 0 Å². The van der Waals surface area contributed by atoms with E-state index in [1.165, 1.54) is 19.3 Å². The average Bonchev–Trinajstić information content (AvgIpc) is 3.17. The molecule has 30 heavy (non-hydrogen) atoms. The number of benzene rings is 1. The van der Waals surface area contributed by atoms with Gasteiger partial charge in [0, 0.05) is 25.0 Å². The fourth-order valence-electron chi connectivity index (χ4n) is 7.01. The zero-order chi connectivity index (χ0) is 20.9. The number of carbonyl (C=O) groups excluding carboxylic acids is 1. The highest BCUT2D eigenvalue weighted by atomic mass is 35.5. The SMILES string of the molecule is O=C(NCCC1CCN(S(=O)(=O)c2ccccc2Cl)C1)C12CC3CC(CC(C3)C1)C2. The van der Waals surface area contributed by atoms with Crippen LogP contribution in [-0.2, 0) is 14.8 Å². The summed E-state index contributed by atoms with van der Waals surface area (Å²) in [5.74, 6) is 2.83. The number of amides is 1. The Morgan fingerprint density at radius 3 is 2.37 bits per heavy atom. The second-order valence-corrected chi connectivity index (χ2v) is 12.5. The highest BCUT2D eigenvalue weighted by Gasteiger charge is 2.54. The zero-order valence-electron chi connectivity index (χ0n) is 17.4. The molecule has 4 aliphatic carbocycles. The van der Waals surface area contributed by atoms with Crippen molar-refractivity contribution < 1.29 is 13.2 Å². The van der Waals surface area contributed by atoms with Crippen molar-refractivity contribution in [2.45, 2.75) is 56.3 Å². The fourth-order valence-corrected chi connectivity index (χ4v) is 9.03. The molecule has 164 valence electrons. The van der Waals surface area contributed by atoms with Crippen LogP contribution >= 0.6 is 11.6 Å². The summed E-state index contributed by atoms with van der Waals surface area (Å²) in [4.78, 5) is 13.3. The molecule has 0 aromatic heterocycles. The largest absolute Gasteiger partial charge is 0.356 e. The molecule has 1 aromatic carbocycles. The first kappa shape index (κ1) is 20.8. The Hall–Kier alpha value is -1.11. The van der Waals surface area contributed by atoms with E-state index >= 15 is 0 Å². The highest BCUT2D eigenvalue weighted by molar-refractivity contribution is 7.89.